The summed E-state index contributed by atoms with van der Waals surface area (Å²) in [6, 6.07) is 0. The first-order valence-electron chi connectivity index (χ1n) is 5.30. The molecule has 0 aromatic rings. The molecule has 6 heteroatoms. The van der Waals surface area contributed by atoms with Gasteiger partial charge in [-0.25, -0.2) is 4.79 Å². The summed E-state index contributed by atoms with van der Waals surface area (Å²) in [5, 5.41) is 26.6. The zero-order valence-corrected chi connectivity index (χ0v) is 9.46. The van der Waals surface area contributed by atoms with Crippen molar-refractivity contribution in [3.8, 4) is 0 Å². The van der Waals surface area contributed by atoms with Crippen molar-refractivity contribution in [1.29, 1.82) is 0 Å². The molecule has 94 valence electrons. The number of nitrogens with two attached hydrogens (primary N) is 1. The minimum atomic E-state index is -1.69. The summed E-state index contributed by atoms with van der Waals surface area (Å²) < 4.78 is 0. The van der Waals surface area contributed by atoms with Gasteiger partial charge in [-0.15, -0.1) is 0 Å². The van der Waals surface area contributed by atoms with Crippen molar-refractivity contribution in [2.45, 2.75) is 44.8 Å². The van der Waals surface area contributed by atoms with Gasteiger partial charge < -0.3 is 21.1 Å². The van der Waals surface area contributed by atoms with Crippen molar-refractivity contribution in [3.05, 3.63) is 0 Å². The number of rotatable bonds is 8. The first-order chi connectivity index (χ1) is 7.45. The molecule has 0 aliphatic heterocycles. The van der Waals surface area contributed by atoms with Crippen LogP contribution in [-0.4, -0.2) is 45.9 Å². The van der Waals surface area contributed by atoms with Crippen LogP contribution in [0, 0.1) is 0 Å². The SMILES string of the molecule is CC(N)=NCCCCCC(O)C(O)C(=O)O. The number of amidine groups is 1. The van der Waals surface area contributed by atoms with E-state index in [-0.39, 0.29) is 6.42 Å². The molecule has 16 heavy (non-hydrogen) atoms. The van der Waals surface area contributed by atoms with E-state index >= 15 is 0 Å². The Bertz CT molecular complexity index is 239. The molecule has 0 saturated carbocycles. The van der Waals surface area contributed by atoms with Crippen LogP contribution < -0.4 is 5.73 Å². The number of aliphatic carboxylic acids is 1. The first kappa shape index (κ1) is 14.9. The summed E-state index contributed by atoms with van der Waals surface area (Å²) in [6.45, 7) is 2.35. The second-order valence-corrected chi connectivity index (χ2v) is 3.72. The minimum Gasteiger partial charge on any atom is -0.479 e. The molecule has 0 aliphatic rings. The predicted molar refractivity (Wildman–Crippen MR) is 60.3 cm³/mol. The van der Waals surface area contributed by atoms with Crippen LogP contribution in [0.15, 0.2) is 4.99 Å². The Kier molecular flexibility index (Phi) is 7.49. The molecule has 6 nitrogen and oxygen atoms in total. The van der Waals surface area contributed by atoms with Crippen LogP contribution in [0.4, 0.5) is 0 Å². The van der Waals surface area contributed by atoms with Crippen LogP contribution in [0.2, 0.25) is 0 Å². The van der Waals surface area contributed by atoms with E-state index in [4.69, 9.17) is 15.9 Å². The average molecular weight is 232 g/mol. The van der Waals surface area contributed by atoms with Gasteiger partial charge in [0.05, 0.1) is 11.9 Å². The molecule has 0 saturated heterocycles. The number of carboxylic acid groups (broad SMARTS) is 1. The van der Waals surface area contributed by atoms with Gasteiger partial charge in [-0.1, -0.05) is 12.8 Å². The molecule has 0 spiro atoms. The van der Waals surface area contributed by atoms with Crippen LogP contribution >= 0.6 is 0 Å². The van der Waals surface area contributed by atoms with Crippen molar-refractivity contribution in [1.82, 2.24) is 0 Å². The van der Waals surface area contributed by atoms with E-state index in [0.717, 1.165) is 12.8 Å². The zero-order chi connectivity index (χ0) is 12.6. The number of hydrogen-bond donors (Lipinski definition) is 4. The Morgan fingerprint density at radius 3 is 2.44 bits per heavy atom. The van der Waals surface area contributed by atoms with E-state index < -0.39 is 18.2 Å². The molecular formula is C10H20N2O4. The van der Waals surface area contributed by atoms with Crippen LogP contribution in [0.1, 0.15) is 32.6 Å². The predicted octanol–water partition coefficient (Wildman–Crippen LogP) is -0.270. The molecule has 0 radical (unpaired) electrons. The second-order valence-electron chi connectivity index (χ2n) is 3.72. The molecule has 5 N–H and O–H groups in total. The minimum absolute atomic E-state index is 0.277. The molecule has 2 unspecified atom stereocenters. The van der Waals surface area contributed by atoms with E-state index in [1.807, 2.05) is 0 Å². The highest BCUT2D eigenvalue weighted by Crippen LogP contribution is 2.07. The highest BCUT2D eigenvalue weighted by Gasteiger charge is 2.22. The molecule has 0 aliphatic carbocycles. The van der Waals surface area contributed by atoms with Gasteiger partial charge in [-0.3, -0.25) is 4.99 Å². The molecule has 0 heterocycles. The Balaban J connectivity index is 3.52. The third kappa shape index (κ3) is 7.19. The molecule has 0 aromatic heterocycles. The summed E-state index contributed by atoms with van der Waals surface area (Å²) in [6.07, 6.45) is -0.296. The molecule has 0 aromatic carbocycles. The Morgan fingerprint density at radius 2 is 1.94 bits per heavy atom. The number of aliphatic imine (C=N–C) groups is 1. The molecule has 0 rings (SSSR count). The monoisotopic (exact) mass is 232 g/mol. The van der Waals surface area contributed by atoms with Crippen LogP contribution in [-0.2, 0) is 4.79 Å². The fraction of sp³-hybridized carbons (Fsp3) is 0.800. The lowest BCUT2D eigenvalue weighted by Crippen LogP contribution is -2.33. The van der Waals surface area contributed by atoms with E-state index in [1.165, 1.54) is 0 Å². The lowest BCUT2D eigenvalue weighted by atomic mass is 10.1. The van der Waals surface area contributed by atoms with Crippen molar-refractivity contribution < 1.29 is 20.1 Å². The van der Waals surface area contributed by atoms with E-state index in [1.54, 1.807) is 6.92 Å². The Morgan fingerprint density at radius 1 is 1.31 bits per heavy atom. The summed E-state index contributed by atoms with van der Waals surface area (Å²) in [4.78, 5) is 14.3. The number of carbonyl (C=O) groups is 1. The van der Waals surface area contributed by atoms with Crippen molar-refractivity contribution in [2.75, 3.05) is 6.54 Å². The van der Waals surface area contributed by atoms with Gasteiger partial charge in [0.1, 0.15) is 0 Å². The number of hydrogen-bond acceptors (Lipinski definition) is 4. The molecule has 0 amide bonds. The van der Waals surface area contributed by atoms with Crippen LogP contribution in [0.5, 0.6) is 0 Å². The quantitative estimate of drug-likeness (QED) is 0.261. The second kappa shape index (κ2) is 8.06. The summed E-state index contributed by atoms with van der Waals surface area (Å²) in [7, 11) is 0. The standard InChI is InChI=1S/C10H20N2O4/c1-7(11)12-6-4-2-3-5-8(13)9(14)10(15)16/h8-9,13-14H,2-6H2,1H3,(H2,11,12)(H,15,16). The van der Waals surface area contributed by atoms with Crippen molar-refractivity contribution >= 4 is 11.8 Å². The highest BCUT2D eigenvalue weighted by molar-refractivity contribution is 5.77. The van der Waals surface area contributed by atoms with E-state index in [9.17, 15) is 9.90 Å². The summed E-state index contributed by atoms with van der Waals surface area (Å²) in [5.74, 6) is -0.850. The van der Waals surface area contributed by atoms with Gasteiger partial charge in [0.2, 0.25) is 0 Å². The fourth-order valence-corrected chi connectivity index (χ4v) is 1.22. The molecule has 0 bridgehead atoms. The third-order valence-corrected chi connectivity index (χ3v) is 2.14. The largest absolute Gasteiger partial charge is 0.479 e. The average Bonchev–Trinajstić information content (AvgIpc) is 2.21. The Hall–Kier alpha value is -1.14. The van der Waals surface area contributed by atoms with Gasteiger partial charge in [0, 0.05) is 6.54 Å². The zero-order valence-electron chi connectivity index (χ0n) is 9.46. The molecule has 0 fully saturated rings. The normalized spacial score (nSPS) is 15.8. The third-order valence-electron chi connectivity index (χ3n) is 2.14. The fourth-order valence-electron chi connectivity index (χ4n) is 1.22. The number of nitrogens with zero attached hydrogens (tertiary/aromatic N) is 1. The summed E-state index contributed by atoms with van der Waals surface area (Å²) in [5.41, 5.74) is 5.34. The maximum absolute atomic E-state index is 10.3. The van der Waals surface area contributed by atoms with E-state index in [2.05, 4.69) is 4.99 Å². The molecule has 2 atom stereocenters. The van der Waals surface area contributed by atoms with Gasteiger partial charge in [-0.2, -0.15) is 0 Å². The Labute approximate surface area is 94.8 Å². The first-order valence-corrected chi connectivity index (χ1v) is 5.30. The topological polar surface area (TPSA) is 116 Å². The smallest absolute Gasteiger partial charge is 0.335 e. The van der Waals surface area contributed by atoms with Gasteiger partial charge in [-0.05, 0) is 19.8 Å². The lowest BCUT2D eigenvalue weighted by molar-refractivity contribution is -0.153. The lowest BCUT2D eigenvalue weighted by Gasteiger charge is -2.13. The highest BCUT2D eigenvalue weighted by atomic mass is 16.4. The van der Waals surface area contributed by atoms with Gasteiger partial charge in [0.15, 0.2) is 6.10 Å². The summed E-state index contributed by atoms with van der Waals surface area (Å²) >= 11 is 0. The number of aliphatic hydroxyl groups is 2. The number of aliphatic hydroxyl groups excluding tert-OH is 2. The van der Waals surface area contributed by atoms with Crippen LogP contribution in [0.25, 0.3) is 0 Å². The van der Waals surface area contributed by atoms with Gasteiger partial charge >= 0.3 is 5.97 Å². The maximum Gasteiger partial charge on any atom is 0.335 e. The number of unbranched alkanes of at least 4 members (excludes halogenated alkanes) is 2. The van der Waals surface area contributed by atoms with Crippen molar-refractivity contribution in [3.63, 3.8) is 0 Å². The van der Waals surface area contributed by atoms with Crippen molar-refractivity contribution in [2.24, 2.45) is 10.7 Å². The van der Waals surface area contributed by atoms with Gasteiger partial charge in [0.25, 0.3) is 0 Å². The maximum atomic E-state index is 10.3. The number of carboxylic acids is 1. The molecular weight excluding hydrogens is 212 g/mol. The van der Waals surface area contributed by atoms with Crippen LogP contribution in [0.3, 0.4) is 0 Å². The van der Waals surface area contributed by atoms with E-state index in [0.29, 0.717) is 18.8 Å².